The molecule has 0 aromatic carbocycles. The third kappa shape index (κ3) is 5.22. The molecule has 4 N–H and O–H groups in total. The van der Waals surface area contributed by atoms with Crippen molar-refractivity contribution in [3.05, 3.63) is 0 Å². The van der Waals surface area contributed by atoms with Gasteiger partial charge in [-0.05, 0) is 13.8 Å². The molecule has 0 bridgehead atoms. The van der Waals surface area contributed by atoms with E-state index in [1.807, 2.05) is 0 Å². The predicted molar refractivity (Wildman–Crippen MR) is 57.7 cm³/mol. The van der Waals surface area contributed by atoms with Gasteiger partial charge in [-0.25, -0.2) is 9.59 Å². The molecule has 0 rings (SSSR count). The molecular weight excluding hydrogens is 212 g/mol. The number of hydrogen-bond acceptors (Lipinski definition) is 3. The van der Waals surface area contributed by atoms with Gasteiger partial charge in [0.2, 0.25) is 0 Å². The Morgan fingerprint density at radius 1 is 1.38 bits per heavy atom. The quantitative estimate of drug-likeness (QED) is 0.478. The molecule has 0 aliphatic heterocycles. The third-order valence-electron chi connectivity index (χ3n) is 1.84. The van der Waals surface area contributed by atoms with Gasteiger partial charge in [-0.15, -0.1) is 12.3 Å². The van der Waals surface area contributed by atoms with E-state index >= 15 is 0 Å². The number of nitrogens with one attached hydrogen (secondary N) is 2. The largest absolute Gasteiger partial charge is 0.480 e. The van der Waals surface area contributed by atoms with Gasteiger partial charge >= 0.3 is 12.0 Å². The molecule has 0 aliphatic rings. The molecular formula is C10H16N2O4. The third-order valence-corrected chi connectivity index (χ3v) is 1.84. The number of rotatable bonds is 5. The Balaban J connectivity index is 4.22. The Labute approximate surface area is 94.0 Å². The number of aliphatic hydroxyl groups is 1. The van der Waals surface area contributed by atoms with Gasteiger partial charge in [0.25, 0.3) is 0 Å². The Kier molecular flexibility index (Phi) is 5.96. The smallest absolute Gasteiger partial charge is 0.328 e. The van der Waals surface area contributed by atoms with Crippen LogP contribution in [-0.2, 0) is 4.79 Å². The van der Waals surface area contributed by atoms with Crippen molar-refractivity contribution in [2.45, 2.75) is 38.5 Å². The van der Waals surface area contributed by atoms with Crippen LogP contribution in [-0.4, -0.2) is 40.4 Å². The van der Waals surface area contributed by atoms with Crippen LogP contribution < -0.4 is 10.6 Å². The molecule has 0 aromatic rings. The van der Waals surface area contributed by atoms with Gasteiger partial charge in [0, 0.05) is 12.5 Å². The van der Waals surface area contributed by atoms with E-state index in [-0.39, 0.29) is 6.04 Å². The molecule has 0 radical (unpaired) electrons. The van der Waals surface area contributed by atoms with E-state index in [0.29, 0.717) is 6.42 Å². The zero-order valence-electron chi connectivity index (χ0n) is 9.23. The van der Waals surface area contributed by atoms with Crippen molar-refractivity contribution < 1.29 is 19.8 Å². The average Bonchev–Trinajstić information content (AvgIpc) is 2.13. The summed E-state index contributed by atoms with van der Waals surface area (Å²) in [5.74, 6) is 1.07. The minimum absolute atomic E-state index is 0.256. The zero-order valence-corrected chi connectivity index (χ0v) is 9.23. The summed E-state index contributed by atoms with van der Waals surface area (Å²) >= 11 is 0. The van der Waals surface area contributed by atoms with Crippen LogP contribution in [0.3, 0.4) is 0 Å². The lowest BCUT2D eigenvalue weighted by Gasteiger charge is -2.19. The second kappa shape index (κ2) is 6.69. The van der Waals surface area contributed by atoms with Crippen molar-refractivity contribution in [1.29, 1.82) is 0 Å². The first-order chi connectivity index (χ1) is 7.38. The Hall–Kier alpha value is -1.74. The maximum Gasteiger partial charge on any atom is 0.328 e. The van der Waals surface area contributed by atoms with Gasteiger partial charge in [-0.1, -0.05) is 0 Å². The van der Waals surface area contributed by atoms with Gasteiger partial charge in [0.05, 0.1) is 6.10 Å². The lowest BCUT2D eigenvalue weighted by Crippen LogP contribution is -2.52. The fraction of sp³-hybridized carbons (Fsp3) is 0.600. The van der Waals surface area contributed by atoms with Crippen molar-refractivity contribution in [3.63, 3.8) is 0 Å². The number of amides is 2. The average molecular weight is 228 g/mol. The summed E-state index contributed by atoms with van der Waals surface area (Å²) in [6, 6.07) is -2.26. The fourth-order valence-corrected chi connectivity index (χ4v) is 1.02. The fourth-order valence-electron chi connectivity index (χ4n) is 1.02. The number of carboxylic acids is 1. The monoisotopic (exact) mass is 228 g/mol. The standard InChI is InChI=1S/C10H16N2O4/c1-4-5-6(2)11-10(16)12-8(7(3)13)9(14)15/h1,6-8,13H,5H2,2-3H3,(H,14,15)(H2,11,12,16). The highest BCUT2D eigenvalue weighted by Crippen LogP contribution is 1.94. The summed E-state index contributed by atoms with van der Waals surface area (Å²) in [6.45, 7) is 2.97. The Morgan fingerprint density at radius 2 is 1.94 bits per heavy atom. The van der Waals surface area contributed by atoms with Gasteiger partial charge in [-0.3, -0.25) is 0 Å². The van der Waals surface area contributed by atoms with Crippen molar-refractivity contribution in [2.24, 2.45) is 0 Å². The lowest BCUT2D eigenvalue weighted by molar-refractivity contribution is -0.141. The second-order valence-electron chi connectivity index (χ2n) is 3.48. The molecule has 0 heterocycles. The van der Waals surface area contributed by atoms with Gasteiger partial charge in [0.15, 0.2) is 6.04 Å². The number of carbonyl (C=O) groups excluding carboxylic acids is 1. The molecule has 0 aromatic heterocycles. The minimum atomic E-state index is -1.34. The maximum absolute atomic E-state index is 11.3. The van der Waals surface area contributed by atoms with Crippen LogP contribution in [0, 0.1) is 12.3 Å². The van der Waals surface area contributed by atoms with E-state index in [4.69, 9.17) is 16.6 Å². The summed E-state index contributed by atoms with van der Waals surface area (Å²) in [7, 11) is 0. The Bertz CT molecular complexity index is 296. The molecule has 0 spiro atoms. The van der Waals surface area contributed by atoms with Gasteiger partial charge in [0.1, 0.15) is 0 Å². The number of aliphatic hydroxyl groups excluding tert-OH is 1. The lowest BCUT2D eigenvalue weighted by atomic mass is 10.2. The highest BCUT2D eigenvalue weighted by Gasteiger charge is 2.25. The normalized spacial score (nSPS) is 15.4. The van der Waals surface area contributed by atoms with Crippen molar-refractivity contribution in [2.75, 3.05) is 0 Å². The first kappa shape index (κ1) is 14.3. The van der Waals surface area contributed by atoms with Gasteiger partial charge < -0.3 is 20.8 Å². The van der Waals surface area contributed by atoms with E-state index < -0.39 is 24.1 Å². The number of carbonyl (C=O) groups is 2. The summed E-state index contributed by atoms with van der Waals surface area (Å²) in [6.07, 6.45) is 4.22. The van der Waals surface area contributed by atoms with Crippen molar-refractivity contribution in [1.82, 2.24) is 10.6 Å². The highest BCUT2D eigenvalue weighted by atomic mass is 16.4. The molecule has 0 fully saturated rings. The molecule has 16 heavy (non-hydrogen) atoms. The number of terminal acetylenes is 1. The number of urea groups is 1. The summed E-state index contributed by atoms with van der Waals surface area (Å²) in [5.41, 5.74) is 0. The molecule has 0 saturated heterocycles. The number of carboxylic acid groups (broad SMARTS) is 1. The maximum atomic E-state index is 11.3. The van der Waals surface area contributed by atoms with E-state index in [9.17, 15) is 9.59 Å². The van der Waals surface area contributed by atoms with Crippen LogP contribution in [0.5, 0.6) is 0 Å². The van der Waals surface area contributed by atoms with Crippen LogP contribution in [0.2, 0.25) is 0 Å². The summed E-state index contributed by atoms with van der Waals surface area (Å²) < 4.78 is 0. The highest BCUT2D eigenvalue weighted by molar-refractivity contribution is 5.83. The van der Waals surface area contributed by atoms with Crippen LogP contribution in [0.4, 0.5) is 4.79 Å². The first-order valence-corrected chi connectivity index (χ1v) is 4.79. The topological polar surface area (TPSA) is 98.7 Å². The molecule has 0 saturated carbocycles. The van der Waals surface area contributed by atoms with Crippen molar-refractivity contribution >= 4 is 12.0 Å². The van der Waals surface area contributed by atoms with E-state index in [2.05, 4.69) is 16.6 Å². The van der Waals surface area contributed by atoms with E-state index in [0.717, 1.165) is 0 Å². The summed E-state index contributed by atoms with van der Waals surface area (Å²) in [5, 5.41) is 22.4. The SMILES string of the molecule is C#CCC(C)NC(=O)NC(C(=O)O)C(C)O. The molecule has 90 valence electrons. The van der Waals surface area contributed by atoms with E-state index in [1.165, 1.54) is 6.92 Å². The molecule has 2 amide bonds. The van der Waals surface area contributed by atoms with Crippen LogP contribution in [0.25, 0.3) is 0 Å². The number of hydrogen-bond donors (Lipinski definition) is 4. The van der Waals surface area contributed by atoms with Crippen molar-refractivity contribution in [3.8, 4) is 12.3 Å². The summed E-state index contributed by atoms with van der Waals surface area (Å²) in [4.78, 5) is 21.9. The first-order valence-electron chi connectivity index (χ1n) is 4.79. The number of aliphatic carboxylic acids is 1. The molecule has 6 heteroatoms. The predicted octanol–water partition coefficient (Wildman–Crippen LogP) is -0.469. The molecule has 0 aliphatic carbocycles. The van der Waals surface area contributed by atoms with Crippen LogP contribution >= 0.6 is 0 Å². The Morgan fingerprint density at radius 3 is 2.31 bits per heavy atom. The molecule has 3 unspecified atom stereocenters. The molecule has 3 atom stereocenters. The van der Waals surface area contributed by atoms with Gasteiger partial charge in [-0.2, -0.15) is 0 Å². The van der Waals surface area contributed by atoms with E-state index in [1.54, 1.807) is 6.92 Å². The zero-order chi connectivity index (χ0) is 12.7. The van der Waals surface area contributed by atoms with Crippen LogP contribution in [0.1, 0.15) is 20.3 Å². The minimum Gasteiger partial charge on any atom is -0.480 e. The van der Waals surface area contributed by atoms with Crippen LogP contribution in [0.15, 0.2) is 0 Å². The molecule has 6 nitrogen and oxygen atoms in total. The second-order valence-corrected chi connectivity index (χ2v) is 3.48.